The topological polar surface area (TPSA) is 55.4 Å². The monoisotopic (exact) mass is 331 g/mol. The van der Waals surface area contributed by atoms with Crippen LogP contribution in [0.1, 0.15) is 35.7 Å². The Balaban J connectivity index is 2.03. The van der Waals surface area contributed by atoms with Crippen LogP contribution in [-0.2, 0) is 4.79 Å². The summed E-state index contributed by atoms with van der Waals surface area (Å²) in [5.74, 6) is 0.340. The fourth-order valence-electron chi connectivity index (χ4n) is 2.19. The fourth-order valence-corrected chi connectivity index (χ4v) is 2.37. The van der Waals surface area contributed by atoms with Gasteiger partial charge in [0, 0.05) is 10.7 Å². The lowest BCUT2D eigenvalue weighted by Gasteiger charge is -2.14. The first-order chi connectivity index (χ1) is 11.0. The van der Waals surface area contributed by atoms with E-state index in [2.05, 4.69) is 19.2 Å². The molecule has 0 bridgehead atoms. The summed E-state index contributed by atoms with van der Waals surface area (Å²) in [5.41, 5.74) is 2.14. The second-order valence-corrected chi connectivity index (χ2v) is 5.82. The highest BCUT2D eigenvalue weighted by Crippen LogP contribution is 2.24. The number of para-hydroxylation sites is 1. The van der Waals surface area contributed by atoms with Gasteiger partial charge in [0.2, 0.25) is 0 Å². The highest BCUT2D eigenvalue weighted by Gasteiger charge is 2.11. The third kappa shape index (κ3) is 4.57. The molecule has 0 aliphatic rings. The van der Waals surface area contributed by atoms with Gasteiger partial charge in [-0.15, -0.1) is 0 Å². The van der Waals surface area contributed by atoms with E-state index in [0.717, 1.165) is 11.3 Å². The summed E-state index contributed by atoms with van der Waals surface area (Å²) in [6.45, 7) is 3.94. The molecule has 1 N–H and O–H groups in total. The number of hydrogen-bond donors (Lipinski definition) is 1. The van der Waals surface area contributed by atoms with Gasteiger partial charge < -0.3 is 10.1 Å². The number of carbonyl (C=O) groups excluding carboxylic acids is 2. The Bertz CT molecular complexity index is 713. The van der Waals surface area contributed by atoms with E-state index in [1.54, 1.807) is 12.1 Å². The van der Waals surface area contributed by atoms with Crippen LogP contribution in [0.3, 0.4) is 0 Å². The molecule has 2 aromatic carbocycles. The summed E-state index contributed by atoms with van der Waals surface area (Å²) in [6, 6.07) is 12.3. The third-order valence-corrected chi connectivity index (χ3v) is 3.55. The van der Waals surface area contributed by atoms with Crippen molar-refractivity contribution in [3.05, 3.63) is 58.6 Å². The van der Waals surface area contributed by atoms with Gasteiger partial charge in [0.25, 0.3) is 5.91 Å². The van der Waals surface area contributed by atoms with Crippen molar-refractivity contribution in [2.45, 2.75) is 19.8 Å². The van der Waals surface area contributed by atoms with Gasteiger partial charge in [-0.1, -0.05) is 43.6 Å². The molecule has 0 radical (unpaired) electrons. The van der Waals surface area contributed by atoms with Crippen LogP contribution in [0.5, 0.6) is 5.75 Å². The number of benzene rings is 2. The van der Waals surface area contributed by atoms with Crippen molar-refractivity contribution in [3.63, 3.8) is 0 Å². The predicted molar refractivity (Wildman–Crippen MR) is 91.5 cm³/mol. The van der Waals surface area contributed by atoms with Crippen LogP contribution in [0.25, 0.3) is 0 Å². The number of ether oxygens (including phenoxy) is 1. The van der Waals surface area contributed by atoms with Gasteiger partial charge in [-0.3, -0.25) is 9.59 Å². The van der Waals surface area contributed by atoms with Gasteiger partial charge in [0.1, 0.15) is 5.75 Å². The van der Waals surface area contributed by atoms with Gasteiger partial charge in [-0.05, 0) is 35.7 Å². The average molecular weight is 332 g/mol. The normalized spacial score (nSPS) is 10.4. The van der Waals surface area contributed by atoms with Gasteiger partial charge >= 0.3 is 0 Å². The maximum atomic E-state index is 12.1. The molecule has 0 aromatic heterocycles. The standard InChI is InChI=1S/C18H18ClNO3/c1-12(2)15-5-3-4-6-16(15)20-18(22)11-23-17-8-7-14(19)9-13(17)10-21/h3-10,12H,11H2,1-2H3,(H,20,22). The third-order valence-electron chi connectivity index (χ3n) is 3.31. The average Bonchev–Trinajstić information content (AvgIpc) is 2.53. The van der Waals surface area contributed by atoms with Crippen LogP contribution >= 0.6 is 11.6 Å². The lowest BCUT2D eigenvalue weighted by molar-refractivity contribution is -0.118. The number of hydrogen-bond acceptors (Lipinski definition) is 3. The number of amides is 1. The Morgan fingerprint density at radius 2 is 2.00 bits per heavy atom. The minimum absolute atomic E-state index is 0.186. The van der Waals surface area contributed by atoms with Crippen molar-refractivity contribution in [2.24, 2.45) is 0 Å². The molecule has 2 aromatic rings. The second kappa shape index (κ2) is 7.79. The predicted octanol–water partition coefficient (Wildman–Crippen LogP) is 4.29. The zero-order valence-electron chi connectivity index (χ0n) is 13.0. The maximum Gasteiger partial charge on any atom is 0.262 e. The molecule has 120 valence electrons. The van der Waals surface area contributed by atoms with E-state index < -0.39 is 0 Å². The molecule has 0 fully saturated rings. The highest BCUT2D eigenvalue weighted by molar-refractivity contribution is 6.30. The lowest BCUT2D eigenvalue weighted by Crippen LogP contribution is -2.21. The molecule has 5 heteroatoms. The maximum absolute atomic E-state index is 12.1. The molecule has 0 aliphatic heterocycles. The van der Waals surface area contributed by atoms with Gasteiger partial charge in [0.05, 0.1) is 5.56 Å². The molecule has 4 nitrogen and oxygen atoms in total. The summed E-state index contributed by atoms with van der Waals surface area (Å²) in [5, 5.41) is 3.27. The van der Waals surface area contributed by atoms with Crippen LogP contribution in [0.2, 0.25) is 5.02 Å². The first kappa shape index (κ1) is 17.0. The molecule has 0 atom stereocenters. The van der Waals surface area contributed by atoms with E-state index >= 15 is 0 Å². The lowest BCUT2D eigenvalue weighted by atomic mass is 10.0. The van der Waals surface area contributed by atoms with E-state index in [1.807, 2.05) is 24.3 Å². The largest absolute Gasteiger partial charge is 0.483 e. The SMILES string of the molecule is CC(C)c1ccccc1NC(=O)COc1ccc(Cl)cc1C=O. The number of aldehydes is 1. The Morgan fingerprint density at radius 1 is 1.26 bits per heavy atom. The molecule has 0 saturated heterocycles. The first-order valence-electron chi connectivity index (χ1n) is 7.27. The molecule has 2 rings (SSSR count). The quantitative estimate of drug-likeness (QED) is 0.803. The van der Waals surface area contributed by atoms with Crippen LogP contribution in [0, 0.1) is 0 Å². The molecular formula is C18H18ClNO3. The van der Waals surface area contributed by atoms with Crippen molar-refractivity contribution in [1.82, 2.24) is 0 Å². The Kier molecular flexibility index (Phi) is 5.77. The number of halogens is 1. The molecular weight excluding hydrogens is 314 g/mol. The summed E-state index contributed by atoms with van der Waals surface area (Å²) >= 11 is 5.82. The van der Waals surface area contributed by atoms with E-state index in [4.69, 9.17) is 16.3 Å². The number of nitrogens with one attached hydrogen (secondary N) is 1. The van der Waals surface area contributed by atoms with E-state index in [9.17, 15) is 9.59 Å². The number of carbonyl (C=O) groups is 2. The molecule has 0 saturated carbocycles. The van der Waals surface area contributed by atoms with Gasteiger partial charge in [0.15, 0.2) is 12.9 Å². The van der Waals surface area contributed by atoms with Crippen molar-refractivity contribution >= 4 is 29.5 Å². The van der Waals surface area contributed by atoms with Crippen LogP contribution in [0.4, 0.5) is 5.69 Å². The number of rotatable bonds is 6. The van der Waals surface area contributed by atoms with Crippen LogP contribution in [0.15, 0.2) is 42.5 Å². The van der Waals surface area contributed by atoms with E-state index in [1.165, 1.54) is 6.07 Å². The summed E-state index contributed by atoms with van der Waals surface area (Å²) in [4.78, 5) is 23.1. The van der Waals surface area contributed by atoms with Crippen LogP contribution < -0.4 is 10.1 Å². The Morgan fingerprint density at radius 3 is 2.70 bits per heavy atom. The molecule has 0 spiro atoms. The smallest absolute Gasteiger partial charge is 0.262 e. The van der Waals surface area contributed by atoms with E-state index in [0.29, 0.717) is 28.5 Å². The molecule has 23 heavy (non-hydrogen) atoms. The van der Waals surface area contributed by atoms with E-state index in [-0.39, 0.29) is 12.5 Å². The van der Waals surface area contributed by atoms with Crippen molar-refractivity contribution in [3.8, 4) is 5.75 Å². The van der Waals surface area contributed by atoms with Crippen molar-refractivity contribution in [1.29, 1.82) is 0 Å². The zero-order chi connectivity index (χ0) is 16.8. The highest BCUT2D eigenvalue weighted by atomic mass is 35.5. The minimum atomic E-state index is -0.287. The fraction of sp³-hybridized carbons (Fsp3) is 0.222. The molecule has 0 heterocycles. The minimum Gasteiger partial charge on any atom is -0.483 e. The molecule has 0 aliphatic carbocycles. The molecule has 0 unspecified atom stereocenters. The van der Waals surface area contributed by atoms with Crippen molar-refractivity contribution in [2.75, 3.05) is 11.9 Å². The summed E-state index contributed by atoms with van der Waals surface area (Å²) in [6.07, 6.45) is 0.646. The van der Waals surface area contributed by atoms with Gasteiger partial charge in [-0.2, -0.15) is 0 Å². The Labute approximate surface area is 140 Å². The Hall–Kier alpha value is -2.33. The van der Waals surface area contributed by atoms with Crippen molar-refractivity contribution < 1.29 is 14.3 Å². The second-order valence-electron chi connectivity index (χ2n) is 5.38. The molecule has 1 amide bonds. The summed E-state index contributed by atoms with van der Waals surface area (Å²) < 4.78 is 5.42. The number of anilines is 1. The zero-order valence-corrected chi connectivity index (χ0v) is 13.8. The van der Waals surface area contributed by atoms with Crippen LogP contribution in [-0.4, -0.2) is 18.8 Å². The summed E-state index contributed by atoms with van der Waals surface area (Å²) in [7, 11) is 0. The van der Waals surface area contributed by atoms with Gasteiger partial charge in [-0.25, -0.2) is 0 Å². The first-order valence-corrected chi connectivity index (χ1v) is 7.65.